The van der Waals surface area contributed by atoms with Crippen molar-refractivity contribution in [2.45, 2.75) is 19.9 Å². The molecule has 0 aliphatic heterocycles. The van der Waals surface area contributed by atoms with Crippen molar-refractivity contribution in [2.75, 3.05) is 13.1 Å². The fraction of sp³-hybridized carbons (Fsp3) is 0.417. The van der Waals surface area contributed by atoms with Crippen molar-refractivity contribution in [3.63, 3.8) is 0 Å². The number of benzene rings is 1. The van der Waals surface area contributed by atoms with Gasteiger partial charge in [-0.15, -0.1) is 0 Å². The van der Waals surface area contributed by atoms with Gasteiger partial charge in [-0.2, -0.15) is 0 Å². The van der Waals surface area contributed by atoms with E-state index in [9.17, 15) is 9.18 Å². The Morgan fingerprint density at radius 3 is 2.47 bits per heavy atom. The van der Waals surface area contributed by atoms with Crippen LogP contribution in [0, 0.1) is 5.82 Å². The van der Waals surface area contributed by atoms with E-state index >= 15 is 0 Å². The maximum Gasteiger partial charge on any atom is 0.239 e. The van der Waals surface area contributed by atoms with Gasteiger partial charge in [0.1, 0.15) is 11.9 Å². The predicted molar refractivity (Wildman–Crippen MR) is 69.0 cm³/mol. The van der Waals surface area contributed by atoms with E-state index in [-0.39, 0.29) is 0 Å². The molecule has 94 valence electrons. The van der Waals surface area contributed by atoms with Crippen LogP contribution >= 0.6 is 15.9 Å². The second-order valence-electron chi connectivity index (χ2n) is 3.69. The number of primary amides is 1. The number of amides is 1. The molecule has 1 rings (SSSR count). The van der Waals surface area contributed by atoms with E-state index < -0.39 is 17.8 Å². The van der Waals surface area contributed by atoms with Gasteiger partial charge < -0.3 is 5.73 Å². The minimum absolute atomic E-state index is 0.324. The third-order valence-electron chi connectivity index (χ3n) is 2.70. The Hall–Kier alpha value is -0.940. The van der Waals surface area contributed by atoms with E-state index in [2.05, 4.69) is 15.9 Å². The summed E-state index contributed by atoms with van der Waals surface area (Å²) in [5.41, 5.74) is 5.69. The highest BCUT2D eigenvalue weighted by atomic mass is 79.9. The zero-order valence-corrected chi connectivity index (χ0v) is 11.5. The monoisotopic (exact) mass is 302 g/mol. The molecule has 0 aromatic heterocycles. The Labute approximate surface area is 109 Å². The second-order valence-corrected chi connectivity index (χ2v) is 4.61. The fourth-order valence-corrected chi connectivity index (χ4v) is 2.18. The second kappa shape index (κ2) is 6.12. The molecular formula is C12H16BrFN2O. The standard InChI is InChI=1S/C12H16BrFN2O/c1-3-16(4-2)11(12(15)17)9-6-5-8(13)7-10(9)14/h5-7,11H,3-4H2,1-2H3,(H2,15,17)/t11-/m0/s1. The molecule has 0 fully saturated rings. The van der Waals surface area contributed by atoms with Gasteiger partial charge in [0, 0.05) is 10.0 Å². The van der Waals surface area contributed by atoms with Crippen LogP contribution in [-0.2, 0) is 4.79 Å². The van der Waals surface area contributed by atoms with Crippen molar-refractivity contribution in [2.24, 2.45) is 5.73 Å². The number of hydrogen-bond donors (Lipinski definition) is 1. The molecule has 0 heterocycles. The summed E-state index contributed by atoms with van der Waals surface area (Å²) in [5, 5.41) is 0. The van der Waals surface area contributed by atoms with Crippen LogP contribution in [-0.4, -0.2) is 23.9 Å². The number of halogens is 2. The lowest BCUT2D eigenvalue weighted by Crippen LogP contribution is -2.38. The molecule has 0 spiro atoms. The fourth-order valence-electron chi connectivity index (χ4n) is 1.84. The van der Waals surface area contributed by atoms with Crippen LogP contribution in [0.2, 0.25) is 0 Å². The van der Waals surface area contributed by atoms with Gasteiger partial charge in [-0.05, 0) is 25.2 Å². The molecule has 0 unspecified atom stereocenters. The number of hydrogen-bond acceptors (Lipinski definition) is 2. The van der Waals surface area contributed by atoms with Gasteiger partial charge in [0.15, 0.2) is 0 Å². The molecule has 1 aromatic rings. The van der Waals surface area contributed by atoms with E-state index in [1.54, 1.807) is 12.1 Å². The first-order valence-electron chi connectivity index (χ1n) is 5.49. The zero-order valence-electron chi connectivity index (χ0n) is 9.91. The Morgan fingerprint density at radius 1 is 1.47 bits per heavy atom. The number of nitrogens with two attached hydrogens (primary N) is 1. The van der Waals surface area contributed by atoms with Crippen molar-refractivity contribution < 1.29 is 9.18 Å². The lowest BCUT2D eigenvalue weighted by Gasteiger charge is -2.27. The molecule has 0 saturated carbocycles. The van der Waals surface area contributed by atoms with Crippen LogP contribution in [0.4, 0.5) is 4.39 Å². The molecule has 0 aliphatic rings. The Bertz CT molecular complexity index is 407. The highest BCUT2D eigenvalue weighted by Crippen LogP contribution is 2.25. The van der Waals surface area contributed by atoms with E-state index in [1.807, 2.05) is 18.7 Å². The molecule has 1 amide bonds. The molecule has 1 atom stereocenters. The van der Waals surface area contributed by atoms with Crippen molar-refractivity contribution in [1.82, 2.24) is 4.90 Å². The SMILES string of the molecule is CCN(CC)[C@H](C(N)=O)c1ccc(Br)cc1F. The van der Waals surface area contributed by atoms with Gasteiger partial charge in [-0.25, -0.2) is 4.39 Å². The van der Waals surface area contributed by atoms with Crippen LogP contribution in [0.15, 0.2) is 22.7 Å². The average Bonchev–Trinajstić information content (AvgIpc) is 2.26. The largest absolute Gasteiger partial charge is 0.368 e. The molecule has 2 N–H and O–H groups in total. The maximum atomic E-state index is 13.8. The minimum Gasteiger partial charge on any atom is -0.368 e. The number of carbonyl (C=O) groups excluding carboxylic acids is 1. The summed E-state index contributed by atoms with van der Waals surface area (Å²) in [6.45, 7) is 5.10. The normalized spacial score (nSPS) is 12.8. The summed E-state index contributed by atoms with van der Waals surface area (Å²) in [5.74, 6) is -0.954. The molecule has 17 heavy (non-hydrogen) atoms. The van der Waals surface area contributed by atoms with E-state index in [4.69, 9.17) is 5.73 Å². The van der Waals surface area contributed by atoms with Gasteiger partial charge in [-0.3, -0.25) is 9.69 Å². The average molecular weight is 303 g/mol. The lowest BCUT2D eigenvalue weighted by molar-refractivity contribution is -0.123. The minimum atomic E-state index is -0.710. The molecule has 0 aliphatic carbocycles. The number of nitrogens with zero attached hydrogens (tertiary/aromatic N) is 1. The summed E-state index contributed by atoms with van der Waals surface area (Å²) in [6.07, 6.45) is 0. The Balaban J connectivity index is 3.18. The van der Waals surface area contributed by atoms with Gasteiger partial charge in [0.05, 0.1) is 0 Å². The first-order valence-corrected chi connectivity index (χ1v) is 6.28. The Morgan fingerprint density at radius 2 is 2.06 bits per heavy atom. The van der Waals surface area contributed by atoms with Crippen LogP contribution in [0.25, 0.3) is 0 Å². The smallest absolute Gasteiger partial charge is 0.239 e. The summed E-state index contributed by atoms with van der Waals surface area (Å²) in [4.78, 5) is 13.3. The maximum absolute atomic E-state index is 13.8. The quantitative estimate of drug-likeness (QED) is 0.908. The van der Waals surface area contributed by atoms with E-state index in [0.717, 1.165) is 0 Å². The predicted octanol–water partition coefficient (Wildman–Crippen LogP) is 2.46. The number of rotatable bonds is 5. The van der Waals surface area contributed by atoms with Crippen LogP contribution in [0.1, 0.15) is 25.5 Å². The van der Waals surface area contributed by atoms with Crippen molar-refractivity contribution in [1.29, 1.82) is 0 Å². The molecular weight excluding hydrogens is 287 g/mol. The number of carbonyl (C=O) groups is 1. The van der Waals surface area contributed by atoms with Crippen LogP contribution in [0.3, 0.4) is 0 Å². The highest BCUT2D eigenvalue weighted by Gasteiger charge is 2.26. The van der Waals surface area contributed by atoms with E-state index in [0.29, 0.717) is 23.1 Å². The van der Waals surface area contributed by atoms with Crippen LogP contribution in [0.5, 0.6) is 0 Å². The topological polar surface area (TPSA) is 46.3 Å². The Kier molecular flexibility index (Phi) is 5.08. The first-order chi connectivity index (χ1) is 8.01. The van der Waals surface area contributed by atoms with Gasteiger partial charge in [0.25, 0.3) is 0 Å². The highest BCUT2D eigenvalue weighted by molar-refractivity contribution is 9.10. The van der Waals surface area contributed by atoms with Gasteiger partial charge in [0.2, 0.25) is 5.91 Å². The van der Waals surface area contributed by atoms with Crippen molar-refractivity contribution in [3.05, 3.63) is 34.1 Å². The molecule has 3 nitrogen and oxygen atoms in total. The van der Waals surface area contributed by atoms with Gasteiger partial charge >= 0.3 is 0 Å². The molecule has 0 bridgehead atoms. The summed E-state index contributed by atoms with van der Waals surface area (Å²) >= 11 is 3.18. The summed E-state index contributed by atoms with van der Waals surface area (Å²) in [6, 6.07) is 3.93. The molecule has 0 saturated heterocycles. The summed E-state index contributed by atoms with van der Waals surface area (Å²) < 4.78 is 14.5. The van der Waals surface area contributed by atoms with E-state index in [1.165, 1.54) is 6.07 Å². The van der Waals surface area contributed by atoms with Crippen molar-refractivity contribution >= 4 is 21.8 Å². The lowest BCUT2D eigenvalue weighted by atomic mass is 10.0. The zero-order chi connectivity index (χ0) is 13.0. The summed E-state index contributed by atoms with van der Waals surface area (Å²) in [7, 11) is 0. The van der Waals surface area contributed by atoms with Crippen molar-refractivity contribution in [3.8, 4) is 0 Å². The molecule has 0 radical (unpaired) electrons. The third-order valence-corrected chi connectivity index (χ3v) is 3.20. The molecule has 5 heteroatoms. The molecule has 1 aromatic carbocycles. The van der Waals surface area contributed by atoms with Gasteiger partial charge in [-0.1, -0.05) is 35.8 Å². The van der Waals surface area contributed by atoms with Crippen LogP contribution < -0.4 is 5.73 Å². The number of likely N-dealkylation sites (N-methyl/N-ethyl adjacent to an activating group) is 1. The first kappa shape index (κ1) is 14.1. The third kappa shape index (κ3) is 3.26.